The lowest BCUT2D eigenvalue weighted by atomic mass is 9.82. The summed E-state index contributed by atoms with van der Waals surface area (Å²) >= 11 is 0. The molecule has 5 unspecified atom stereocenters. The number of aliphatic hydroxyl groups is 2. The molecule has 46 heavy (non-hydrogen) atoms. The molecule has 2 aromatic heterocycles. The molecule has 0 spiro atoms. The Balaban J connectivity index is 1.42. The highest BCUT2D eigenvalue weighted by molar-refractivity contribution is 7.61. The summed E-state index contributed by atoms with van der Waals surface area (Å²) in [5.41, 5.74) is 6.08. The monoisotopic (exact) mass is 701 g/mol. The predicted molar refractivity (Wildman–Crippen MR) is 148 cm³/mol. The third-order valence-electron chi connectivity index (χ3n) is 7.37. The normalized spacial score (nSPS) is 33.2. The van der Waals surface area contributed by atoms with E-state index in [0.29, 0.717) is 0 Å². The summed E-state index contributed by atoms with van der Waals surface area (Å²) in [6, 6.07) is 0. The highest BCUT2D eigenvalue weighted by atomic mass is 31.3. The van der Waals surface area contributed by atoms with E-state index in [9.17, 15) is 43.1 Å². The lowest BCUT2D eigenvalue weighted by Crippen LogP contribution is -2.55. The first kappa shape index (κ1) is 36.2. The van der Waals surface area contributed by atoms with Crippen LogP contribution in [-0.2, 0) is 51.0 Å². The van der Waals surface area contributed by atoms with Gasteiger partial charge in [-0.2, -0.15) is 4.31 Å². The van der Waals surface area contributed by atoms with Crippen molar-refractivity contribution in [2.75, 3.05) is 18.9 Å². The van der Waals surface area contributed by atoms with Crippen LogP contribution in [0.1, 0.15) is 33.9 Å². The predicted octanol–water partition coefficient (Wildman–Crippen LogP) is 0.108. The Morgan fingerprint density at radius 3 is 2.41 bits per heavy atom. The van der Waals surface area contributed by atoms with E-state index in [1.165, 1.54) is 24.7 Å². The van der Waals surface area contributed by atoms with E-state index in [4.69, 9.17) is 29.0 Å². The quantitative estimate of drug-likeness (QED) is 0.145. The Morgan fingerprint density at radius 2 is 1.76 bits per heavy atom. The number of hydrogen-bond donors (Lipinski definition) is 5. The van der Waals surface area contributed by atoms with Crippen molar-refractivity contribution in [3.05, 3.63) is 12.7 Å². The van der Waals surface area contributed by atoms with Gasteiger partial charge in [-0.1, -0.05) is 13.8 Å². The Kier molecular flexibility index (Phi) is 11.2. The molecule has 23 heteroatoms. The number of nitrogen functional groups attached to an aromatic ring is 1. The largest absolute Gasteiger partial charge is 0.483 e. The van der Waals surface area contributed by atoms with Gasteiger partial charge < -0.3 is 44.7 Å². The number of anilines is 1. The Bertz CT molecular complexity index is 1520. The molecule has 2 aliphatic rings. The molecular weight excluding hydrogens is 667 g/mol. The highest BCUT2D eigenvalue weighted by Gasteiger charge is 2.51. The smallest absolute Gasteiger partial charge is 0.463 e. The lowest BCUT2D eigenvalue weighted by Gasteiger charge is -2.44. The average molecular weight is 701 g/mol. The second-order valence-corrected chi connectivity index (χ2v) is 13.6. The van der Waals surface area contributed by atoms with Crippen molar-refractivity contribution in [2.45, 2.75) is 76.9 Å². The number of phosphoric acid groups is 2. The standard InChI is InChI=1S/C23H34FN5O15P2/c1-9-10(2)19(40-12(4)31)23(42-18(9)13(24)5-38-11(3)30)43-46(36,37)44-45(34,35)39-6-14-16(32)17(33)22(41-14)29-8-28-15-20(25)26-7-27-21(15)29/h7-10,13-14,16-19,22-23,32-33H,5-6H2,1-4H3,(H,34,35)(H,36,37)(H2,25,26,27)/t9-,10-,13-,14+,16-,17?,18?,19?,22+,23-/m0/s1. The molecule has 0 aliphatic carbocycles. The molecular formula is C23H34FN5O15P2. The van der Waals surface area contributed by atoms with Crippen molar-refractivity contribution in [1.82, 2.24) is 19.5 Å². The minimum absolute atomic E-state index is 0.0366. The Labute approximate surface area is 260 Å². The van der Waals surface area contributed by atoms with Gasteiger partial charge in [-0.3, -0.25) is 23.2 Å². The average Bonchev–Trinajstić information content (AvgIpc) is 3.50. The van der Waals surface area contributed by atoms with Crippen molar-refractivity contribution >= 4 is 44.6 Å². The maximum absolute atomic E-state index is 15.0. The number of carbonyl (C=O) groups excluding carboxylic acids is 2. The number of esters is 2. The van der Waals surface area contributed by atoms with Crippen LogP contribution >= 0.6 is 15.6 Å². The first-order valence-corrected chi connectivity index (χ1v) is 16.6. The number of alkyl halides is 1. The fraction of sp³-hybridized carbons (Fsp3) is 0.696. The number of fused-ring (bicyclic) bond motifs is 1. The zero-order chi connectivity index (χ0) is 34.1. The molecule has 0 amide bonds. The van der Waals surface area contributed by atoms with E-state index in [0.717, 1.165) is 20.2 Å². The summed E-state index contributed by atoms with van der Waals surface area (Å²) in [7, 11) is -11.1. The Hall–Kier alpha value is -2.68. The summed E-state index contributed by atoms with van der Waals surface area (Å²) in [5, 5.41) is 21.0. The van der Waals surface area contributed by atoms with E-state index < -0.39 is 102 Å². The van der Waals surface area contributed by atoms with Crippen LogP contribution in [0.3, 0.4) is 0 Å². The number of phosphoric ester groups is 2. The molecule has 20 nitrogen and oxygen atoms in total. The summed E-state index contributed by atoms with van der Waals surface area (Å²) in [4.78, 5) is 55.3. The van der Waals surface area contributed by atoms with Gasteiger partial charge in [0.1, 0.15) is 36.8 Å². The number of ether oxygens (including phenoxy) is 4. The van der Waals surface area contributed by atoms with Crippen LogP contribution in [0.4, 0.5) is 10.2 Å². The topological polar surface area (TPSA) is 283 Å². The van der Waals surface area contributed by atoms with E-state index in [1.54, 1.807) is 0 Å². The highest BCUT2D eigenvalue weighted by Crippen LogP contribution is 2.62. The van der Waals surface area contributed by atoms with Crippen molar-refractivity contribution in [1.29, 1.82) is 0 Å². The fourth-order valence-corrected chi connectivity index (χ4v) is 7.13. The minimum Gasteiger partial charge on any atom is -0.463 e. The molecule has 2 aromatic rings. The van der Waals surface area contributed by atoms with Crippen molar-refractivity contribution in [2.24, 2.45) is 11.8 Å². The van der Waals surface area contributed by atoms with E-state index in [2.05, 4.69) is 24.0 Å². The maximum atomic E-state index is 15.0. The van der Waals surface area contributed by atoms with E-state index in [-0.39, 0.29) is 17.0 Å². The van der Waals surface area contributed by atoms with Crippen LogP contribution in [0, 0.1) is 11.8 Å². The van der Waals surface area contributed by atoms with Gasteiger partial charge in [0.25, 0.3) is 0 Å². The molecule has 2 aliphatic heterocycles. The lowest BCUT2D eigenvalue weighted by molar-refractivity contribution is -0.262. The van der Waals surface area contributed by atoms with Gasteiger partial charge in [-0.05, 0) is 5.92 Å². The molecule has 258 valence electrons. The molecule has 12 atom stereocenters. The van der Waals surface area contributed by atoms with E-state index >= 15 is 0 Å². The number of halogens is 1. The third kappa shape index (κ3) is 8.23. The van der Waals surface area contributed by atoms with Crippen LogP contribution in [0.25, 0.3) is 11.2 Å². The summed E-state index contributed by atoms with van der Waals surface area (Å²) in [5.74, 6) is -3.06. The van der Waals surface area contributed by atoms with Gasteiger partial charge in [0, 0.05) is 19.8 Å². The molecule has 2 saturated heterocycles. The Morgan fingerprint density at radius 1 is 1.07 bits per heavy atom. The molecule has 2 fully saturated rings. The van der Waals surface area contributed by atoms with E-state index in [1.807, 2.05) is 0 Å². The summed E-state index contributed by atoms with van der Waals surface area (Å²) in [6.45, 7) is 3.47. The van der Waals surface area contributed by atoms with Crippen LogP contribution in [-0.4, -0.2) is 108 Å². The van der Waals surface area contributed by atoms with Crippen LogP contribution in [0.15, 0.2) is 12.7 Å². The first-order chi connectivity index (χ1) is 21.4. The molecule has 0 bridgehead atoms. The SMILES string of the molecule is CC(=O)OC[C@H](F)C1O[C@@H](OP(=O)(O)OP(=O)(O)OC[C@H]2O[C@@H](n3cnc4c(N)ncnc43)C(O)[C@H]2O)C(OC(C)=O)[C@@H](C)[C@@H]1C. The van der Waals surface area contributed by atoms with Crippen molar-refractivity contribution < 1.29 is 75.4 Å². The number of aromatic nitrogens is 4. The summed E-state index contributed by atoms with van der Waals surface area (Å²) < 4.78 is 76.6. The van der Waals surface area contributed by atoms with Crippen molar-refractivity contribution in [3.8, 4) is 0 Å². The second kappa shape index (κ2) is 14.2. The maximum Gasteiger partial charge on any atom is 0.483 e. The number of imidazole rings is 1. The van der Waals surface area contributed by atoms with Gasteiger partial charge in [-0.25, -0.2) is 28.5 Å². The van der Waals surface area contributed by atoms with Gasteiger partial charge >= 0.3 is 27.6 Å². The first-order valence-electron chi connectivity index (χ1n) is 13.7. The van der Waals surface area contributed by atoms with Crippen LogP contribution in [0.2, 0.25) is 0 Å². The number of nitrogens with zero attached hydrogens (tertiary/aromatic N) is 4. The molecule has 4 rings (SSSR count). The molecule has 4 heterocycles. The number of hydrogen-bond acceptors (Lipinski definition) is 17. The number of rotatable bonds is 12. The van der Waals surface area contributed by atoms with Crippen LogP contribution < -0.4 is 5.73 Å². The molecule has 6 N–H and O–H groups in total. The van der Waals surface area contributed by atoms with Crippen LogP contribution in [0.5, 0.6) is 0 Å². The number of nitrogens with two attached hydrogens (primary N) is 1. The zero-order valence-electron chi connectivity index (χ0n) is 24.8. The van der Waals surface area contributed by atoms with Gasteiger partial charge in [0.15, 0.2) is 30.0 Å². The number of aliphatic hydroxyl groups excluding tert-OH is 2. The fourth-order valence-electron chi connectivity index (χ4n) is 4.97. The van der Waals surface area contributed by atoms with Gasteiger partial charge in [-0.15, -0.1) is 0 Å². The van der Waals surface area contributed by atoms with Gasteiger partial charge in [0.05, 0.1) is 19.0 Å². The molecule has 0 aromatic carbocycles. The zero-order valence-corrected chi connectivity index (χ0v) is 26.5. The third-order valence-corrected chi connectivity index (χ3v) is 9.97. The minimum atomic E-state index is -5.62. The number of carbonyl (C=O) groups is 2. The summed E-state index contributed by atoms with van der Waals surface area (Å²) in [6.07, 6.45) is -10.5. The van der Waals surface area contributed by atoms with Crippen molar-refractivity contribution in [3.63, 3.8) is 0 Å². The molecule has 0 saturated carbocycles. The van der Waals surface area contributed by atoms with Gasteiger partial charge in [0.2, 0.25) is 6.29 Å². The second-order valence-electron chi connectivity index (χ2n) is 10.6. The molecule has 0 radical (unpaired) electrons.